The summed E-state index contributed by atoms with van der Waals surface area (Å²) in [6, 6.07) is 14.2. The van der Waals surface area contributed by atoms with Crippen molar-refractivity contribution >= 4 is 11.4 Å². The van der Waals surface area contributed by atoms with Crippen LogP contribution < -0.4 is 10.6 Å². The maximum atomic E-state index is 3.58. The van der Waals surface area contributed by atoms with E-state index in [0.717, 1.165) is 6.42 Å². The lowest BCUT2D eigenvalue weighted by Crippen LogP contribution is -2.13. The summed E-state index contributed by atoms with van der Waals surface area (Å²) in [4.78, 5) is 0. The van der Waals surface area contributed by atoms with E-state index in [1.54, 1.807) is 0 Å². The summed E-state index contributed by atoms with van der Waals surface area (Å²) < 4.78 is 0. The van der Waals surface area contributed by atoms with Crippen molar-refractivity contribution in [3.63, 3.8) is 0 Å². The van der Waals surface area contributed by atoms with Crippen LogP contribution in [0.1, 0.15) is 49.9 Å². The Labute approximate surface area is 141 Å². The molecular weight excluding hydrogens is 280 g/mol. The van der Waals surface area contributed by atoms with Gasteiger partial charge in [0.25, 0.3) is 0 Å². The molecule has 2 N–H and O–H groups in total. The summed E-state index contributed by atoms with van der Waals surface area (Å²) in [6.45, 7) is 13.0. The van der Waals surface area contributed by atoms with Crippen LogP contribution in [0.25, 0.3) is 0 Å². The number of nitrogens with one attached hydrogen (secondary N) is 2. The fourth-order valence-electron chi connectivity index (χ4n) is 2.85. The molecule has 0 saturated heterocycles. The summed E-state index contributed by atoms with van der Waals surface area (Å²) >= 11 is 0. The van der Waals surface area contributed by atoms with E-state index in [2.05, 4.69) is 88.6 Å². The van der Waals surface area contributed by atoms with Gasteiger partial charge < -0.3 is 10.6 Å². The van der Waals surface area contributed by atoms with E-state index in [4.69, 9.17) is 0 Å². The van der Waals surface area contributed by atoms with Crippen LogP contribution >= 0.6 is 0 Å². The first kappa shape index (κ1) is 17.4. The quantitative estimate of drug-likeness (QED) is 0.732. The molecule has 0 aromatic heterocycles. The van der Waals surface area contributed by atoms with Crippen molar-refractivity contribution < 1.29 is 0 Å². The number of hydrogen-bond donors (Lipinski definition) is 2. The van der Waals surface area contributed by atoms with Gasteiger partial charge in [0.15, 0.2) is 0 Å². The minimum Gasteiger partial charge on any atom is -0.383 e. The second-order valence-corrected chi connectivity index (χ2v) is 7.10. The lowest BCUT2D eigenvalue weighted by molar-refractivity contribution is 0.890. The third kappa shape index (κ3) is 5.02. The third-order valence-electron chi connectivity index (χ3n) is 3.79. The molecule has 0 unspecified atom stereocenters. The Morgan fingerprint density at radius 3 is 1.43 bits per heavy atom. The van der Waals surface area contributed by atoms with Gasteiger partial charge in [0.2, 0.25) is 0 Å². The van der Waals surface area contributed by atoms with Crippen molar-refractivity contribution in [2.75, 3.05) is 10.6 Å². The molecule has 0 fully saturated rings. The average Bonchev–Trinajstić information content (AvgIpc) is 2.44. The molecule has 0 aliphatic heterocycles. The second-order valence-electron chi connectivity index (χ2n) is 7.10. The average molecular weight is 310 g/mol. The van der Waals surface area contributed by atoms with Gasteiger partial charge >= 0.3 is 0 Å². The molecule has 0 radical (unpaired) electrons. The SMILES string of the molecule is Cc1ccc(NC(C)C)c(Cc2cc(C)ccc2NC(C)C)c1. The number of rotatable bonds is 6. The molecule has 23 heavy (non-hydrogen) atoms. The van der Waals surface area contributed by atoms with Gasteiger partial charge in [0.1, 0.15) is 0 Å². The molecule has 2 nitrogen and oxygen atoms in total. The molecular formula is C21H30N2. The van der Waals surface area contributed by atoms with Crippen molar-refractivity contribution in [1.29, 1.82) is 0 Å². The zero-order valence-electron chi connectivity index (χ0n) is 15.3. The topological polar surface area (TPSA) is 24.1 Å². The van der Waals surface area contributed by atoms with Crippen LogP contribution in [0.5, 0.6) is 0 Å². The Kier molecular flexibility index (Phi) is 5.70. The fourth-order valence-corrected chi connectivity index (χ4v) is 2.85. The lowest BCUT2D eigenvalue weighted by Gasteiger charge is -2.19. The molecule has 2 aromatic rings. The molecule has 2 aromatic carbocycles. The van der Waals surface area contributed by atoms with Crippen LogP contribution in [-0.2, 0) is 6.42 Å². The molecule has 0 heterocycles. The van der Waals surface area contributed by atoms with E-state index < -0.39 is 0 Å². The molecule has 0 atom stereocenters. The van der Waals surface area contributed by atoms with E-state index in [1.165, 1.54) is 33.6 Å². The van der Waals surface area contributed by atoms with Crippen molar-refractivity contribution in [3.05, 3.63) is 58.7 Å². The Bertz CT molecular complexity index is 599. The van der Waals surface area contributed by atoms with Crippen molar-refractivity contribution in [3.8, 4) is 0 Å². The Balaban J connectivity index is 2.38. The number of benzene rings is 2. The van der Waals surface area contributed by atoms with E-state index in [-0.39, 0.29) is 0 Å². The van der Waals surface area contributed by atoms with Gasteiger partial charge in [-0.1, -0.05) is 35.4 Å². The molecule has 2 heteroatoms. The molecule has 0 saturated carbocycles. The van der Waals surface area contributed by atoms with Crippen molar-refractivity contribution in [1.82, 2.24) is 0 Å². The third-order valence-corrected chi connectivity index (χ3v) is 3.79. The van der Waals surface area contributed by atoms with Gasteiger partial charge in [-0.2, -0.15) is 0 Å². The van der Waals surface area contributed by atoms with E-state index >= 15 is 0 Å². The summed E-state index contributed by atoms with van der Waals surface area (Å²) in [6.07, 6.45) is 0.938. The van der Waals surface area contributed by atoms with Crippen LogP contribution in [0, 0.1) is 13.8 Å². The van der Waals surface area contributed by atoms with Gasteiger partial charge in [-0.3, -0.25) is 0 Å². The normalized spacial score (nSPS) is 11.1. The predicted octanol–water partition coefficient (Wildman–Crippen LogP) is 5.53. The summed E-state index contributed by atoms with van der Waals surface area (Å²) in [5, 5.41) is 7.15. The molecule has 124 valence electrons. The number of anilines is 2. The summed E-state index contributed by atoms with van der Waals surface area (Å²) in [7, 11) is 0. The minimum absolute atomic E-state index is 0.433. The van der Waals surface area contributed by atoms with Gasteiger partial charge in [-0.05, 0) is 64.8 Å². The maximum Gasteiger partial charge on any atom is 0.0378 e. The van der Waals surface area contributed by atoms with Gasteiger partial charge in [0.05, 0.1) is 0 Å². The highest BCUT2D eigenvalue weighted by Gasteiger charge is 2.10. The monoisotopic (exact) mass is 310 g/mol. The van der Waals surface area contributed by atoms with E-state index in [9.17, 15) is 0 Å². The zero-order valence-corrected chi connectivity index (χ0v) is 15.3. The van der Waals surface area contributed by atoms with Crippen LogP contribution in [0.3, 0.4) is 0 Å². The zero-order chi connectivity index (χ0) is 17.0. The first-order valence-electron chi connectivity index (χ1n) is 8.57. The first-order valence-corrected chi connectivity index (χ1v) is 8.57. The van der Waals surface area contributed by atoms with Gasteiger partial charge in [-0.25, -0.2) is 0 Å². The van der Waals surface area contributed by atoms with Crippen LogP contribution in [0.2, 0.25) is 0 Å². The maximum absolute atomic E-state index is 3.58. The van der Waals surface area contributed by atoms with Gasteiger partial charge in [-0.15, -0.1) is 0 Å². The van der Waals surface area contributed by atoms with E-state index in [0.29, 0.717) is 12.1 Å². The Hall–Kier alpha value is -1.96. The van der Waals surface area contributed by atoms with Crippen molar-refractivity contribution in [2.24, 2.45) is 0 Å². The van der Waals surface area contributed by atoms with E-state index in [1.807, 2.05) is 0 Å². The molecule has 0 aliphatic carbocycles. The Morgan fingerprint density at radius 2 is 1.09 bits per heavy atom. The molecule has 2 rings (SSSR count). The lowest BCUT2D eigenvalue weighted by atomic mass is 9.98. The fraction of sp³-hybridized carbons (Fsp3) is 0.429. The minimum atomic E-state index is 0.433. The molecule has 0 bridgehead atoms. The standard InChI is InChI=1S/C21H30N2/c1-14(2)22-20-9-7-16(5)11-18(20)13-19-12-17(6)8-10-21(19)23-15(3)4/h7-12,14-15,22-23H,13H2,1-6H3. The van der Waals surface area contributed by atoms with Crippen LogP contribution in [0.4, 0.5) is 11.4 Å². The highest BCUT2D eigenvalue weighted by atomic mass is 14.9. The van der Waals surface area contributed by atoms with Crippen LogP contribution in [0.15, 0.2) is 36.4 Å². The van der Waals surface area contributed by atoms with Crippen LogP contribution in [-0.4, -0.2) is 12.1 Å². The molecule has 0 aliphatic rings. The highest BCUT2D eigenvalue weighted by molar-refractivity contribution is 5.60. The second kappa shape index (κ2) is 7.54. The molecule has 0 amide bonds. The summed E-state index contributed by atoms with van der Waals surface area (Å²) in [5.41, 5.74) is 7.80. The molecule has 0 spiro atoms. The highest BCUT2D eigenvalue weighted by Crippen LogP contribution is 2.26. The number of aryl methyl sites for hydroxylation is 2. The Morgan fingerprint density at radius 1 is 0.696 bits per heavy atom. The number of hydrogen-bond acceptors (Lipinski definition) is 2. The van der Waals surface area contributed by atoms with Crippen molar-refractivity contribution in [2.45, 2.75) is 60.0 Å². The smallest absolute Gasteiger partial charge is 0.0378 e. The summed E-state index contributed by atoms with van der Waals surface area (Å²) in [5.74, 6) is 0. The largest absolute Gasteiger partial charge is 0.383 e. The first-order chi connectivity index (χ1) is 10.8. The van der Waals surface area contributed by atoms with Gasteiger partial charge in [0, 0.05) is 29.9 Å². The predicted molar refractivity (Wildman–Crippen MR) is 103 cm³/mol.